The summed E-state index contributed by atoms with van der Waals surface area (Å²) in [6, 6.07) is 1.47. The fourth-order valence-corrected chi connectivity index (χ4v) is 3.40. The molecule has 2 heterocycles. The fraction of sp³-hybridized carbons (Fsp3) is 0.429. The van der Waals surface area contributed by atoms with Gasteiger partial charge in [0.1, 0.15) is 10.8 Å². The molecule has 0 saturated carbocycles. The molecular formula is C14H17FN2S2. The summed E-state index contributed by atoms with van der Waals surface area (Å²) in [6.45, 7) is 6.35. The maximum Gasteiger partial charge on any atom is 0.142 e. The van der Waals surface area contributed by atoms with Crippen molar-refractivity contribution in [3.8, 4) is 10.6 Å². The van der Waals surface area contributed by atoms with E-state index in [0.717, 1.165) is 22.7 Å². The molecule has 0 bridgehead atoms. The molecule has 2 aromatic heterocycles. The second kappa shape index (κ2) is 6.01. The van der Waals surface area contributed by atoms with Gasteiger partial charge in [-0.3, -0.25) is 4.98 Å². The van der Waals surface area contributed by atoms with Crippen LogP contribution in [0.25, 0.3) is 10.6 Å². The zero-order valence-corrected chi connectivity index (χ0v) is 12.9. The number of nitrogens with zero attached hydrogens (tertiary/aromatic N) is 2. The lowest BCUT2D eigenvalue weighted by atomic mass is 10.1. The first-order valence-corrected chi connectivity index (χ1v) is 7.64. The number of hydrogen-bond acceptors (Lipinski definition) is 4. The smallest absolute Gasteiger partial charge is 0.142 e. The first-order chi connectivity index (χ1) is 9.02. The molecule has 2 nitrogen and oxygen atoms in total. The van der Waals surface area contributed by atoms with E-state index in [1.165, 1.54) is 17.1 Å². The van der Waals surface area contributed by atoms with Crippen molar-refractivity contribution >= 4 is 24.0 Å². The lowest BCUT2D eigenvalue weighted by Crippen LogP contribution is -2.00. The van der Waals surface area contributed by atoms with E-state index in [1.54, 1.807) is 17.5 Å². The molecule has 0 saturated heterocycles. The Kier molecular flexibility index (Phi) is 4.58. The summed E-state index contributed by atoms with van der Waals surface area (Å²) in [7, 11) is 0. The van der Waals surface area contributed by atoms with Crippen molar-refractivity contribution in [2.75, 3.05) is 0 Å². The minimum atomic E-state index is -0.335. The molecule has 1 atom stereocenters. The molecular weight excluding hydrogens is 279 g/mol. The van der Waals surface area contributed by atoms with Gasteiger partial charge in [0.05, 0.1) is 11.9 Å². The second-order valence-corrected chi connectivity index (χ2v) is 6.35. The van der Waals surface area contributed by atoms with Crippen LogP contribution >= 0.6 is 24.0 Å². The number of rotatable bonds is 4. The third-order valence-electron chi connectivity index (χ3n) is 2.91. The fourth-order valence-electron chi connectivity index (χ4n) is 1.80. The Balaban J connectivity index is 2.44. The monoisotopic (exact) mass is 296 g/mol. The summed E-state index contributed by atoms with van der Waals surface area (Å²) in [5.74, 6) is 0.103. The molecule has 0 spiro atoms. The van der Waals surface area contributed by atoms with Gasteiger partial charge in [0, 0.05) is 21.9 Å². The van der Waals surface area contributed by atoms with Gasteiger partial charge >= 0.3 is 0 Å². The number of aryl methyl sites for hydroxylation is 1. The van der Waals surface area contributed by atoms with Crippen LogP contribution in [0, 0.1) is 11.7 Å². The van der Waals surface area contributed by atoms with Crippen LogP contribution in [0.15, 0.2) is 18.5 Å². The minimum Gasteiger partial charge on any atom is -0.261 e. The van der Waals surface area contributed by atoms with Crippen LogP contribution in [0.1, 0.15) is 36.6 Å². The predicted octanol–water partition coefficient (Wildman–Crippen LogP) is 4.53. The molecule has 1 unspecified atom stereocenters. The molecule has 0 amide bonds. The highest BCUT2D eigenvalue weighted by atomic mass is 32.1. The molecule has 2 aromatic rings. The molecule has 2 rings (SSSR count). The van der Waals surface area contributed by atoms with Crippen LogP contribution in [0.5, 0.6) is 0 Å². The van der Waals surface area contributed by atoms with E-state index in [1.807, 2.05) is 0 Å². The minimum absolute atomic E-state index is 0.169. The van der Waals surface area contributed by atoms with Crippen LogP contribution in [-0.4, -0.2) is 9.97 Å². The van der Waals surface area contributed by atoms with E-state index in [9.17, 15) is 4.39 Å². The highest BCUT2D eigenvalue weighted by Crippen LogP contribution is 2.38. The van der Waals surface area contributed by atoms with Gasteiger partial charge < -0.3 is 0 Å². The number of aromatic nitrogens is 2. The molecule has 19 heavy (non-hydrogen) atoms. The van der Waals surface area contributed by atoms with Crippen molar-refractivity contribution in [3.05, 3.63) is 34.8 Å². The van der Waals surface area contributed by atoms with E-state index in [-0.39, 0.29) is 11.1 Å². The van der Waals surface area contributed by atoms with Crippen molar-refractivity contribution in [1.29, 1.82) is 0 Å². The molecule has 0 N–H and O–H groups in total. The predicted molar refractivity (Wildman–Crippen MR) is 81.2 cm³/mol. The van der Waals surface area contributed by atoms with Gasteiger partial charge in [0.2, 0.25) is 0 Å². The molecule has 0 aliphatic heterocycles. The maximum absolute atomic E-state index is 13.2. The molecule has 5 heteroatoms. The van der Waals surface area contributed by atoms with Crippen LogP contribution < -0.4 is 0 Å². The zero-order valence-electron chi connectivity index (χ0n) is 11.2. The third-order valence-corrected chi connectivity index (χ3v) is 5.17. The van der Waals surface area contributed by atoms with E-state index >= 15 is 0 Å². The van der Waals surface area contributed by atoms with E-state index in [0.29, 0.717) is 5.92 Å². The van der Waals surface area contributed by atoms with Crippen molar-refractivity contribution in [3.63, 3.8) is 0 Å². The topological polar surface area (TPSA) is 25.8 Å². The molecule has 102 valence electrons. The van der Waals surface area contributed by atoms with Gasteiger partial charge in [-0.15, -0.1) is 11.3 Å². The number of thiazole rings is 1. The Bertz CT molecular complexity index is 566. The lowest BCUT2D eigenvalue weighted by molar-refractivity contribution is 0.622. The quantitative estimate of drug-likeness (QED) is 0.839. The van der Waals surface area contributed by atoms with E-state index in [2.05, 4.69) is 43.4 Å². The van der Waals surface area contributed by atoms with Gasteiger partial charge in [-0.25, -0.2) is 9.37 Å². The molecule has 0 radical (unpaired) electrons. The summed E-state index contributed by atoms with van der Waals surface area (Å²) in [5, 5.41) is 0.987. The van der Waals surface area contributed by atoms with Crippen molar-refractivity contribution in [2.45, 2.75) is 32.4 Å². The zero-order chi connectivity index (χ0) is 14.0. The summed E-state index contributed by atoms with van der Waals surface area (Å²) in [4.78, 5) is 9.67. The van der Waals surface area contributed by atoms with Crippen molar-refractivity contribution < 1.29 is 4.39 Å². The Morgan fingerprint density at radius 2 is 2.11 bits per heavy atom. The Labute approximate surface area is 122 Å². The van der Waals surface area contributed by atoms with Gasteiger partial charge in [-0.2, -0.15) is 12.6 Å². The largest absolute Gasteiger partial charge is 0.261 e. The first-order valence-electron chi connectivity index (χ1n) is 6.31. The van der Waals surface area contributed by atoms with Crippen LogP contribution in [0.4, 0.5) is 4.39 Å². The summed E-state index contributed by atoms with van der Waals surface area (Å²) >= 11 is 6.25. The highest BCUT2D eigenvalue weighted by molar-refractivity contribution is 7.80. The lowest BCUT2D eigenvalue weighted by Gasteiger charge is -2.13. The number of halogens is 1. The van der Waals surface area contributed by atoms with Crippen LogP contribution in [-0.2, 0) is 6.42 Å². The SMILES string of the molecule is CCc1nc(-c2cncc(F)c2)sc1C(S)C(C)C. The van der Waals surface area contributed by atoms with Gasteiger partial charge in [0.15, 0.2) is 0 Å². The normalized spacial score (nSPS) is 12.9. The first kappa shape index (κ1) is 14.5. The van der Waals surface area contributed by atoms with Crippen molar-refractivity contribution in [2.24, 2.45) is 5.92 Å². The molecule has 0 aliphatic carbocycles. The van der Waals surface area contributed by atoms with Gasteiger partial charge in [0.25, 0.3) is 0 Å². The van der Waals surface area contributed by atoms with Crippen LogP contribution in [0.3, 0.4) is 0 Å². The summed E-state index contributed by atoms with van der Waals surface area (Å²) in [6.07, 6.45) is 3.71. The highest BCUT2D eigenvalue weighted by Gasteiger charge is 2.20. The second-order valence-electron chi connectivity index (χ2n) is 4.76. The summed E-state index contributed by atoms with van der Waals surface area (Å²) in [5.41, 5.74) is 1.79. The van der Waals surface area contributed by atoms with Gasteiger partial charge in [-0.1, -0.05) is 20.8 Å². The maximum atomic E-state index is 13.2. The molecule has 0 aromatic carbocycles. The number of pyridine rings is 1. The third kappa shape index (κ3) is 3.15. The van der Waals surface area contributed by atoms with E-state index in [4.69, 9.17) is 0 Å². The van der Waals surface area contributed by atoms with Gasteiger partial charge in [-0.05, 0) is 18.4 Å². The average molecular weight is 296 g/mol. The standard InChI is InChI=1S/C14H17FN2S2/c1-4-11-13(12(18)8(2)3)19-14(17-11)9-5-10(15)7-16-6-9/h5-8,12,18H,4H2,1-3H3. The van der Waals surface area contributed by atoms with Crippen molar-refractivity contribution in [1.82, 2.24) is 9.97 Å². The van der Waals surface area contributed by atoms with Crippen LogP contribution in [0.2, 0.25) is 0 Å². The number of thiol groups is 1. The average Bonchev–Trinajstić information content (AvgIpc) is 2.81. The Hall–Kier alpha value is -0.940. The molecule has 0 aliphatic rings. The number of hydrogen-bond donors (Lipinski definition) is 1. The molecule has 0 fully saturated rings. The Morgan fingerprint density at radius 3 is 2.68 bits per heavy atom. The summed E-state index contributed by atoms with van der Waals surface area (Å²) < 4.78 is 13.2. The van der Waals surface area contributed by atoms with E-state index < -0.39 is 0 Å². The Morgan fingerprint density at radius 1 is 1.37 bits per heavy atom.